The van der Waals surface area contributed by atoms with Crippen molar-refractivity contribution in [1.29, 1.82) is 0 Å². The van der Waals surface area contributed by atoms with Crippen molar-refractivity contribution in [1.82, 2.24) is 9.29 Å². The molecule has 1 aromatic carbocycles. The topological polar surface area (TPSA) is 66.7 Å². The first-order chi connectivity index (χ1) is 15.7. The minimum Gasteiger partial charge on any atom is -0.440 e. The van der Waals surface area contributed by atoms with Crippen molar-refractivity contribution < 1.29 is 26.0 Å². The van der Waals surface area contributed by atoms with Gasteiger partial charge in [-0.05, 0) is 43.2 Å². The van der Waals surface area contributed by atoms with Gasteiger partial charge in [0, 0.05) is 37.8 Å². The standard InChI is InChI=1S/C22H22F3N3O3S2/c23-22(24,25)16-5-2-6-17(13-16)27-9-11-28(12-10-27)33(29,30)20-8-7-19(32-20)18-14-26-21(31-18)15-3-1-4-15/h2,5-8,13-15H,1,3-4,9-12H2. The number of hydrogen-bond acceptors (Lipinski definition) is 6. The van der Waals surface area contributed by atoms with Gasteiger partial charge < -0.3 is 9.32 Å². The lowest BCUT2D eigenvalue weighted by molar-refractivity contribution is -0.137. The third-order valence-corrected chi connectivity index (χ3v) is 9.64. The van der Waals surface area contributed by atoms with E-state index in [4.69, 9.17) is 4.42 Å². The molecule has 0 spiro atoms. The summed E-state index contributed by atoms with van der Waals surface area (Å²) in [6.45, 7) is 1.01. The van der Waals surface area contributed by atoms with Crippen LogP contribution in [0, 0.1) is 0 Å². The van der Waals surface area contributed by atoms with E-state index in [1.807, 2.05) is 0 Å². The molecule has 11 heteroatoms. The van der Waals surface area contributed by atoms with Gasteiger partial charge in [-0.25, -0.2) is 13.4 Å². The van der Waals surface area contributed by atoms with E-state index in [-0.39, 0.29) is 17.3 Å². The Kier molecular flexibility index (Phi) is 5.74. The second-order valence-corrected chi connectivity index (χ2v) is 11.5. The van der Waals surface area contributed by atoms with Crippen LogP contribution >= 0.6 is 11.3 Å². The highest BCUT2D eigenvalue weighted by Crippen LogP contribution is 2.39. The van der Waals surface area contributed by atoms with Crippen molar-refractivity contribution >= 4 is 27.0 Å². The number of piperazine rings is 1. The van der Waals surface area contributed by atoms with Crippen LogP contribution in [0.5, 0.6) is 0 Å². The van der Waals surface area contributed by atoms with Crippen LogP contribution in [0.25, 0.3) is 10.6 Å². The Bertz CT molecular complexity index is 1240. The quantitative estimate of drug-likeness (QED) is 0.485. The van der Waals surface area contributed by atoms with Crippen LogP contribution in [0.1, 0.15) is 36.6 Å². The van der Waals surface area contributed by atoms with E-state index in [0.717, 1.165) is 36.3 Å². The molecule has 5 rings (SSSR count). The minimum atomic E-state index is -4.42. The molecule has 2 fully saturated rings. The van der Waals surface area contributed by atoms with Crippen LogP contribution in [0.2, 0.25) is 0 Å². The summed E-state index contributed by atoms with van der Waals surface area (Å²) in [5, 5.41) is 0. The molecule has 2 aromatic heterocycles. The molecule has 1 saturated heterocycles. The summed E-state index contributed by atoms with van der Waals surface area (Å²) in [5.41, 5.74) is -0.276. The SMILES string of the molecule is O=S(=O)(c1ccc(-c2cnc(C3CCC3)o2)s1)N1CCN(c2cccc(C(F)(F)F)c2)CC1. The molecule has 3 aromatic rings. The number of aromatic nitrogens is 1. The maximum atomic E-state index is 13.2. The van der Waals surface area contributed by atoms with Crippen LogP contribution in [0.15, 0.2) is 51.2 Å². The smallest absolute Gasteiger partial charge is 0.416 e. The number of alkyl halides is 3. The largest absolute Gasteiger partial charge is 0.440 e. The van der Waals surface area contributed by atoms with Crippen molar-refractivity contribution in [2.75, 3.05) is 31.1 Å². The van der Waals surface area contributed by atoms with Crippen LogP contribution < -0.4 is 4.90 Å². The highest BCUT2D eigenvalue weighted by molar-refractivity contribution is 7.91. The molecule has 1 aliphatic carbocycles. The van der Waals surface area contributed by atoms with E-state index >= 15 is 0 Å². The molecule has 1 saturated carbocycles. The number of hydrogen-bond donors (Lipinski definition) is 0. The summed E-state index contributed by atoms with van der Waals surface area (Å²) in [6.07, 6.45) is 0.529. The number of nitrogens with zero attached hydrogens (tertiary/aromatic N) is 3. The second-order valence-electron chi connectivity index (χ2n) is 8.25. The van der Waals surface area contributed by atoms with Gasteiger partial charge in [0.1, 0.15) is 4.21 Å². The molecule has 1 aliphatic heterocycles. The van der Waals surface area contributed by atoms with Crippen molar-refractivity contribution in [3.63, 3.8) is 0 Å². The number of thiophene rings is 1. The van der Waals surface area contributed by atoms with E-state index < -0.39 is 21.8 Å². The molecule has 0 atom stereocenters. The fourth-order valence-electron chi connectivity index (χ4n) is 4.03. The van der Waals surface area contributed by atoms with Crippen molar-refractivity contribution in [3.05, 3.63) is 54.0 Å². The lowest BCUT2D eigenvalue weighted by Gasteiger charge is -2.35. The minimum absolute atomic E-state index is 0.194. The third-order valence-electron chi connectivity index (χ3n) is 6.17. The van der Waals surface area contributed by atoms with E-state index in [1.165, 1.54) is 16.8 Å². The van der Waals surface area contributed by atoms with Gasteiger partial charge in [-0.2, -0.15) is 17.5 Å². The Morgan fingerprint density at radius 3 is 2.48 bits per heavy atom. The van der Waals surface area contributed by atoms with Gasteiger partial charge in [0.25, 0.3) is 10.0 Å². The van der Waals surface area contributed by atoms with Gasteiger partial charge in [-0.15, -0.1) is 11.3 Å². The molecule has 3 heterocycles. The lowest BCUT2D eigenvalue weighted by atomic mass is 9.85. The zero-order valence-electron chi connectivity index (χ0n) is 17.6. The summed E-state index contributed by atoms with van der Waals surface area (Å²) >= 11 is 1.14. The van der Waals surface area contributed by atoms with Crippen LogP contribution in [0.3, 0.4) is 0 Å². The average molecular weight is 498 g/mol. The van der Waals surface area contributed by atoms with Gasteiger partial charge >= 0.3 is 6.18 Å². The maximum absolute atomic E-state index is 13.2. The molecule has 33 heavy (non-hydrogen) atoms. The third kappa shape index (κ3) is 4.41. The summed E-state index contributed by atoms with van der Waals surface area (Å²) in [7, 11) is -3.71. The fraction of sp³-hybridized carbons (Fsp3) is 0.409. The summed E-state index contributed by atoms with van der Waals surface area (Å²) in [6, 6.07) is 8.41. The van der Waals surface area contributed by atoms with Gasteiger partial charge in [-0.1, -0.05) is 12.5 Å². The molecule has 2 aliphatic rings. The maximum Gasteiger partial charge on any atom is 0.416 e. The predicted molar refractivity (Wildman–Crippen MR) is 119 cm³/mol. The monoisotopic (exact) mass is 497 g/mol. The highest BCUT2D eigenvalue weighted by atomic mass is 32.2. The highest BCUT2D eigenvalue weighted by Gasteiger charge is 2.33. The Morgan fingerprint density at radius 2 is 1.82 bits per heavy atom. The first-order valence-corrected chi connectivity index (χ1v) is 13.0. The zero-order chi connectivity index (χ0) is 23.2. The molecule has 176 valence electrons. The molecule has 6 nitrogen and oxygen atoms in total. The van der Waals surface area contributed by atoms with Crippen molar-refractivity contribution in [2.45, 2.75) is 35.6 Å². The zero-order valence-corrected chi connectivity index (χ0v) is 19.2. The molecule has 0 radical (unpaired) electrons. The van der Waals surface area contributed by atoms with E-state index in [2.05, 4.69) is 4.98 Å². The summed E-state index contributed by atoms with van der Waals surface area (Å²) in [4.78, 5) is 6.82. The van der Waals surface area contributed by atoms with Crippen molar-refractivity contribution in [2.24, 2.45) is 0 Å². The Morgan fingerprint density at radius 1 is 1.06 bits per heavy atom. The summed E-state index contributed by atoms with van der Waals surface area (Å²) in [5.74, 6) is 1.63. The number of benzene rings is 1. The Labute approximate surface area is 193 Å². The Hall–Kier alpha value is -2.37. The summed E-state index contributed by atoms with van der Waals surface area (Å²) < 4.78 is 72.8. The molecule has 0 amide bonds. The van der Waals surface area contributed by atoms with Crippen LogP contribution in [-0.2, 0) is 16.2 Å². The number of rotatable bonds is 5. The molecule has 0 unspecified atom stereocenters. The normalized spacial score (nSPS) is 18.5. The van der Waals surface area contributed by atoms with E-state index in [1.54, 1.807) is 29.3 Å². The first kappa shape index (κ1) is 22.4. The number of anilines is 1. The number of oxazole rings is 1. The molecule has 0 N–H and O–H groups in total. The van der Waals surface area contributed by atoms with Gasteiger partial charge in [0.05, 0.1) is 16.6 Å². The Balaban J connectivity index is 1.27. The lowest BCUT2D eigenvalue weighted by Crippen LogP contribution is -2.48. The van der Waals surface area contributed by atoms with Gasteiger partial charge in [0.2, 0.25) is 0 Å². The van der Waals surface area contributed by atoms with Crippen LogP contribution in [-0.4, -0.2) is 43.9 Å². The second kappa shape index (κ2) is 8.44. The predicted octanol–water partition coefficient (Wildman–Crippen LogP) is 5.20. The number of halogens is 3. The average Bonchev–Trinajstić information content (AvgIpc) is 3.42. The van der Waals surface area contributed by atoms with Crippen molar-refractivity contribution in [3.8, 4) is 10.6 Å². The van der Waals surface area contributed by atoms with E-state index in [0.29, 0.717) is 41.2 Å². The van der Waals surface area contributed by atoms with E-state index in [9.17, 15) is 21.6 Å². The van der Waals surface area contributed by atoms with Gasteiger partial charge in [-0.3, -0.25) is 0 Å². The number of sulfonamides is 1. The fourth-order valence-corrected chi connectivity index (χ4v) is 6.86. The van der Waals surface area contributed by atoms with Gasteiger partial charge in [0.15, 0.2) is 11.7 Å². The molecular weight excluding hydrogens is 475 g/mol. The molecule has 0 bridgehead atoms. The first-order valence-electron chi connectivity index (χ1n) is 10.7. The molecular formula is C22H22F3N3O3S2. The van der Waals surface area contributed by atoms with Crippen LogP contribution in [0.4, 0.5) is 18.9 Å².